The Balaban J connectivity index is 2.49. The maximum Gasteiger partial charge on any atom is 0.271 e. The molecule has 0 saturated heterocycles. The van der Waals surface area contributed by atoms with E-state index in [2.05, 4.69) is 6.58 Å². The standard InChI is InChI=1S/C21H22N2O4/c1-6-9-23-20(25)17(11-22)14(4)18(21(23)26)19(24)15(5)27-16-8-7-12(2)13(3)10-16/h6-8,10,15,26H,1,9H2,2-5H3. The van der Waals surface area contributed by atoms with E-state index in [1.807, 2.05) is 32.0 Å². The van der Waals surface area contributed by atoms with Gasteiger partial charge in [-0.1, -0.05) is 12.1 Å². The molecule has 6 heteroatoms. The molecule has 1 aromatic carbocycles. The van der Waals surface area contributed by atoms with Crippen LogP contribution in [-0.2, 0) is 6.54 Å². The smallest absolute Gasteiger partial charge is 0.271 e. The minimum Gasteiger partial charge on any atom is -0.494 e. The van der Waals surface area contributed by atoms with Gasteiger partial charge in [-0.2, -0.15) is 5.26 Å². The molecule has 1 heterocycles. The molecular formula is C21H22N2O4. The number of nitrogens with zero attached hydrogens (tertiary/aromatic N) is 2. The minimum atomic E-state index is -0.919. The van der Waals surface area contributed by atoms with Gasteiger partial charge in [0.15, 0.2) is 6.10 Å². The van der Waals surface area contributed by atoms with Crippen LogP contribution < -0.4 is 10.3 Å². The van der Waals surface area contributed by atoms with Gasteiger partial charge in [0.1, 0.15) is 17.4 Å². The average Bonchev–Trinajstić information content (AvgIpc) is 2.62. The third-order valence-corrected chi connectivity index (χ3v) is 4.52. The van der Waals surface area contributed by atoms with Crippen LogP contribution in [0.25, 0.3) is 0 Å². The SMILES string of the molecule is C=CCn1c(O)c(C(=O)C(C)Oc2ccc(C)c(C)c2)c(C)c(C#N)c1=O. The number of hydrogen-bond donors (Lipinski definition) is 1. The first-order chi connectivity index (χ1) is 12.7. The Morgan fingerprint density at radius 3 is 2.59 bits per heavy atom. The predicted molar refractivity (Wildman–Crippen MR) is 102 cm³/mol. The van der Waals surface area contributed by atoms with E-state index >= 15 is 0 Å². The number of rotatable bonds is 6. The molecule has 0 spiro atoms. The van der Waals surface area contributed by atoms with Gasteiger partial charge in [-0.15, -0.1) is 6.58 Å². The molecule has 0 aliphatic rings. The van der Waals surface area contributed by atoms with Crippen LogP contribution in [0.4, 0.5) is 0 Å². The van der Waals surface area contributed by atoms with Gasteiger partial charge in [0.05, 0.1) is 5.56 Å². The summed E-state index contributed by atoms with van der Waals surface area (Å²) >= 11 is 0. The third kappa shape index (κ3) is 3.77. The molecule has 0 radical (unpaired) electrons. The summed E-state index contributed by atoms with van der Waals surface area (Å²) in [7, 11) is 0. The highest BCUT2D eigenvalue weighted by atomic mass is 16.5. The molecular weight excluding hydrogens is 344 g/mol. The minimum absolute atomic E-state index is 0.0215. The monoisotopic (exact) mass is 366 g/mol. The Kier molecular flexibility index (Phi) is 5.86. The molecule has 140 valence electrons. The van der Waals surface area contributed by atoms with Crippen LogP contribution in [0.3, 0.4) is 0 Å². The summed E-state index contributed by atoms with van der Waals surface area (Å²) in [5, 5.41) is 19.8. The number of benzene rings is 1. The Hall–Kier alpha value is -3.33. The fourth-order valence-electron chi connectivity index (χ4n) is 2.79. The average molecular weight is 366 g/mol. The number of aryl methyl sites for hydroxylation is 2. The van der Waals surface area contributed by atoms with Crippen molar-refractivity contribution in [1.29, 1.82) is 5.26 Å². The number of ether oxygens (including phenoxy) is 1. The van der Waals surface area contributed by atoms with Crippen molar-refractivity contribution in [2.45, 2.75) is 40.3 Å². The normalized spacial score (nSPS) is 11.5. The van der Waals surface area contributed by atoms with Gasteiger partial charge in [0, 0.05) is 6.54 Å². The fourth-order valence-corrected chi connectivity index (χ4v) is 2.79. The Bertz CT molecular complexity index is 1010. The second-order valence-corrected chi connectivity index (χ2v) is 6.39. The highest BCUT2D eigenvalue weighted by Gasteiger charge is 2.27. The van der Waals surface area contributed by atoms with Crippen molar-refractivity contribution in [3.8, 4) is 17.7 Å². The van der Waals surface area contributed by atoms with E-state index in [0.29, 0.717) is 5.75 Å². The number of Topliss-reactive ketones (excluding diaryl/α,β-unsaturated/α-hetero) is 1. The summed E-state index contributed by atoms with van der Waals surface area (Å²) in [4.78, 5) is 25.3. The van der Waals surface area contributed by atoms with Crippen molar-refractivity contribution < 1.29 is 14.6 Å². The lowest BCUT2D eigenvalue weighted by Crippen LogP contribution is -2.30. The van der Waals surface area contributed by atoms with E-state index in [-0.39, 0.29) is 23.2 Å². The van der Waals surface area contributed by atoms with E-state index in [9.17, 15) is 20.0 Å². The van der Waals surface area contributed by atoms with Crippen molar-refractivity contribution in [3.05, 3.63) is 69.0 Å². The van der Waals surface area contributed by atoms with Crippen LogP contribution in [0.1, 0.15) is 39.5 Å². The summed E-state index contributed by atoms with van der Waals surface area (Å²) < 4.78 is 6.68. The lowest BCUT2D eigenvalue weighted by molar-refractivity contribution is 0.0812. The van der Waals surface area contributed by atoms with Gasteiger partial charge in [0.2, 0.25) is 11.7 Å². The summed E-state index contributed by atoms with van der Waals surface area (Å²) in [5.41, 5.74) is 1.33. The molecule has 1 aromatic heterocycles. The highest BCUT2D eigenvalue weighted by Crippen LogP contribution is 2.25. The van der Waals surface area contributed by atoms with E-state index in [1.165, 1.54) is 13.0 Å². The molecule has 0 saturated carbocycles. The number of ketones is 1. The van der Waals surface area contributed by atoms with Crippen molar-refractivity contribution in [2.75, 3.05) is 0 Å². The van der Waals surface area contributed by atoms with Crippen LogP contribution in [0.5, 0.6) is 11.6 Å². The number of nitriles is 1. The number of aromatic nitrogens is 1. The summed E-state index contributed by atoms with van der Waals surface area (Å²) in [6.07, 6.45) is 0.485. The highest BCUT2D eigenvalue weighted by molar-refractivity contribution is 6.03. The van der Waals surface area contributed by atoms with Crippen LogP contribution in [0.2, 0.25) is 0 Å². The van der Waals surface area contributed by atoms with Crippen molar-refractivity contribution in [1.82, 2.24) is 4.57 Å². The first-order valence-corrected chi connectivity index (χ1v) is 8.48. The molecule has 6 nitrogen and oxygen atoms in total. The first-order valence-electron chi connectivity index (χ1n) is 8.48. The van der Waals surface area contributed by atoms with Crippen LogP contribution >= 0.6 is 0 Å². The molecule has 0 aliphatic carbocycles. The summed E-state index contributed by atoms with van der Waals surface area (Å²) in [5.74, 6) is -0.481. The van der Waals surface area contributed by atoms with Crippen LogP contribution in [0, 0.1) is 32.1 Å². The Morgan fingerprint density at radius 2 is 2.04 bits per heavy atom. The lowest BCUT2D eigenvalue weighted by Gasteiger charge is -2.19. The molecule has 0 bridgehead atoms. The number of allylic oxidation sites excluding steroid dienone is 1. The van der Waals surface area contributed by atoms with Gasteiger partial charge in [-0.25, -0.2) is 0 Å². The van der Waals surface area contributed by atoms with Gasteiger partial charge in [-0.3, -0.25) is 14.2 Å². The zero-order valence-electron chi connectivity index (χ0n) is 15.9. The number of hydrogen-bond acceptors (Lipinski definition) is 5. The molecule has 2 rings (SSSR count). The molecule has 1 N–H and O–H groups in total. The number of carbonyl (C=O) groups excluding carboxylic acids is 1. The fraction of sp³-hybridized carbons (Fsp3) is 0.286. The van der Waals surface area contributed by atoms with Gasteiger partial charge >= 0.3 is 0 Å². The maximum absolute atomic E-state index is 12.9. The Morgan fingerprint density at radius 1 is 1.37 bits per heavy atom. The second kappa shape index (κ2) is 7.92. The molecule has 0 fully saturated rings. The van der Waals surface area contributed by atoms with Crippen molar-refractivity contribution in [2.24, 2.45) is 0 Å². The van der Waals surface area contributed by atoms with E-state index in [4.69, 9.17) is 4.74 Å². The molecule has 2 aromatic rings. The van der Waals surface area contributed by atoms with Crippen LogP contribution in [0.15, 0.2) is 35.6 Å². The van der Waals surface area contributed by atoms with Crippen molar-refractivity contribution in [3.63, 3.8) is 0 Å². The van der Waals surface area contributed by atoms with Gasteiger partial charge in [-0.05, 0) is 56.5 Å². The molecule has 1 atom stereocenters. The zero-order chi connectivity index (χ0) is 20.3. The van der Waals surface area contributed by atoms with E-state index < -0.39 is 23.3 Å². The Labute approximate surface area is 158 Å². The van der Waals surface area contributed by atoms with Crippen molar-refractivity contribution >= 4 is 5.78 Å². The largest absolute Gasteiger partial charge is 0.494 e. The summed E-state index contributed by atoms with van der Waals surface area (Å²) in [6.45, 7) is 10.5. The molecule has 0 aliphatic heterocycles. The van der Waals surface area contributed by atoms with Gasteiger partial charge < -0.3 is 9.84 Å². The third-order valence-electron chi connectivity index (χ3n) is 4.52. The quantitative estimate of drug-likeness (QED) is 0.626. The van der Waals surface area contributed by atoms with Crippen LogP contribution in [-0.4, -0.2) is 21.6 Å². The first kappa shape index (κ1) is 20.0. The molecule has 27 heavy (non-hydrogen) atoms. The number of carbonyl (C=O) groups is 1. The van der Waals surface area contributed by atoms with E-state index in [1.54, 1.807) is 13.0 Å². The second-order valence-electron chi connectivity index (χ2n) is 6.39. The summed E-state index contributed by atoms with van der Waals surface area (Å²) in [6, 6.07) is 7.29. The van der Waals surface area contributed by atoms with E-state index in [0.717, 1.165) is 15.7 Å². The molecule has 0 amide bonds. The number of pyridine rings is 1. The maximum atomic E-state index is 12.9. The zero-order valence-corrected chi connectivity index (χ0v) is 15.9. The van der Waals surface area contributed by atoms with Gasteiger partial charge in [0.25, 0.3) is 5.56 Å². The molecule has 1 unspecified atom stereocenters. The lowest BCUT2D eigenvalue weighted by atomic mass is 9.99. The predicted octanol–water partition coefficient (Wildman–Crippen LogP) is 3.19. The topological polar surface area (TPSA) is 92.3 Å². The number of aromatic hydroxyl groups is 1.